The molecule has 1 unspecified atom stereocenters. The van der Waals surface area contributed by atoms with Crippen LogP contribution in [-0.2, 0) is 9.63 Å². The zero-order valence-electron chi connectivity index (χ0n) is 20.6. The van der Waals surface area contributed by atoms with Gasteiger partial charge in [0.25, 0.3) is 5.56 Å². The Bertz CT molecular complexity index is 1140. The molecule has 2 aliphatic carbocycles. The Balaban J connectivity index is 1.41. The molecule has 0 amide bonds. The van der Waals surface area contributed by atoms with Crippen molar-refractivity contribution in [2.24, 2.45) is 17.0 Å². The lowest BCUT2D eigenvalue weighted by molar-refractivity contribution is -0.136. The predicted molar refractivity (Wildman–Crippen MR) is 135 cm³/mol. The van der Waals surface area contributed by atoms with Gasteiger partial charge in [0.1, 0.15) is 12.8 Å². The van der Waals surface area contributed by atoms with Gasteiger partial charge in [0.05, 0.1) is 17.5 Å². The number of nitrogens with zero attached hydrogens (tertiary/aromatic N) is 4. The molecular weight excluding hydrogens is 444 g/mol. The van der Waals surface area contributed by atoms with Gasteiger partial charge in [0.2, 0.25) is 0 Å². The van der Waals surface area contributed by atoms with Crippen LogP contribution in [0, 0.1) is 11.8 Å². The van der Waals surface area contributed by atoms with Crippen molar-refractivity contribution in [3.8, 4) is 0 Å². The number of oxime groups is 1. The van der Waals surface area contributed by atoms with E-state index in [1.54, 1.807) is 0 Å². The molecule has 2 saturated carbocycles. The van der Waals surface area contributed by atoms with Crippen LogP contribution < -0.4 is 5.56 Å². The second-order valence-corrected chi connectivity index (χ2v) is 10.5. The largest absolute Gasteiger partial charge is 0.481 e. The maximum absolute atomic E-state index is 13.8. The van der Waals surface area contributed by atoms with E-state index in [-0.39, 0.29) is 35.8 Å². The van der Waals surface area contributed by atoms with Crippen LogP contribution in [-0.4, -0.2) is 57.5 Å². The first-order valence-corrected chi connectivity index (χ1v) is 13.1. The average molecular weight is 481 g/mol. The number of hydrogen-bond acceptors (Lipinski definition) is 6. The highest BCUT2D eigenvalue weighted by Crippen LogP contribution is 2.42. The number of aliphatic carboxylic acids is 1. The summed E-state index contributed by atoms with van der Waals surface area (Å²) in [6, 6.07) is 8.46. The molecule has 3 atom stereocenters. The molecular formula is C27H36N4O4. The summed E-state index contributed by atoms with van der Waals surface area (Å²) in [7, 11) is 1.40. The van der Waals surface area contributed by atoms with Crippen molar-refractivity contribution in [3.63, 3.8) is 0 Å². The van der Waals surface area contributed by atoms with Gasteiger partial charge in [-0.1, -0.05) is 36.6 Å². The normalized spacial score (nSPS) is 26.1. The van der Waals surface area contributed by atoms with Crippen molar-refractivity contribution in [1.82, 2.24) is 14.5 Å². The maximum Gasteiger partial charge on any atom is 0.303 e. The average Bonchev–Trinajstić information content (AvgIpc) is 2.86. The Kier molecular flexibility index (Phi) is 7.18. The quantitative estimate of drug-likeness (QED) is 0.471. The van der Waals surface area contributed by atoms with Gasteiger partial charge < -0.3 is 19.4 Å². The minimum Gasteiger partial charge on any atom is -0.481 e. The lowest BCUT2D eigenvalue weighted by Crippen LogP contribution is -2.47. The molecule has 1 aliphatic heterocycles. The summed E-state index contributed by atoms with van der Waals surface area (Å²) >= 11 is 0. The van der Waals surface area contributed by atoms with Crippen LogP contribution in [0.4, 0.5) is 0 Å². The number of piperidine rings is 1. The van der Waals surface area contributed by atoms with Gasteiger partial charge in [-0.15, -0.1) is 0 Å². The van der Waals surface area contributed by atoms with E-state index >= 15 is 0 Å². The molecule has 2 heterocycles. The van der Waals surface area contributed by atoms with E-state index in [4.69, 9.17) is 9.94 Å². The SMILES string of the molecule is CO/N=C(\CCC(=O)O)c1nc2ccccc2n(C2CCN(C3C[C@H]4CCC[C@@H](C3)C4)CC2)c1=O. The minimum absolute atomic E-state index is 0.0803. The van der Waals surface area contributed by atoms with Crippen LogP contribution >= 0.6 is 0 Å². The van der Waals surface area contributed by atoms with Gasteiger partial charge >= 0.3 is 5.97 Å². The highest BCUT2D eigenvalue weighted by Gasteiger charge is 2.36. The van der Waals surface area contributed by atoms with Crippen LogP contribution in [0.25, 0.3) is 11.0 Å². The number of hydrogen-bond donors (Lipinski definition) is 1. The van der Waals surface area contributed by atoms with Crippen molar-refractivity contribution >= 4 is 22.7 Å². The summed E-state index contributed by atoms with van der Waals surface area (Å²) in [5.74, 6) is 0.863. The number of fused-ring (bicyclic) bond motifs is 3. The molecule has 0 radical (unpaired) electrons. The van der Waals surface area contributed by atoms with Crippen LogP contribution in [0.5, 0.6) is 0 Å². The summed E-state index contributed by atoms with van der Waals surface area (Å²) in [5.41, 5.74) is 1.79. The molecule has 5 rings (SSSR count). The van der Waals surface area contributed by atoms with Gasteiger partial charge in [-0.05, 0) is 56.1 Å². The number of carboxylic acid groups (broad SMARTS) is 1. The highest BCUT2D eigenvalue weighted by atomic mass is 16.6. The lowest BCUT2D eigenvalue weighted by Gasteiger charge is -2.46. The van der Waals surface area contributed by atoms with Crippen LogP contribution in [0.2, 0.25) is 0 Å². The van der Waals surface area contributed by atoms with Crippen LogP contribution in [0.3, 0.4) is 0 Å². The number of carbonyl (C=O) groups is 1. The monoisotopic (exact) mass is 480 g/mol. The van der Waals surface area contributed by atoms with E-state index in [0.717, 1.165) is 43.3 Å². The summed E-state index contributed by atoms with van der Waals surface area (Å²) in [4.78, 5) is 37.2. The Morgan fingerprint density at radius 2 is 1.77 bits per heavy atom. The third kappa shape index (κ3) is 5.13. The molecule has 3 fully saturated rings. The second-order valence-electron chi connectivity index (χ2n) is 10.5. The van der Waals surface area contributed by atoms with E-state index in [1.165, 1.54) is 45.6 Å². The summed E-state index contributed by atoms with van der Waals surface area (Å²) < 4.78 is 1.89. The van der Waals surface area contributed by atoms with Gasteiger partial charge in [-0.25, -0.2) is 4.98 Å². The number of likely N-dealkylation sites (tertiary alicyclic amines) is 1. The Labute approximate surface area is 206 Å². The van der Waals surface area contributed by atoms with Crippen molar-refractivity contribution in [1.29, 1.82) is 0 Å². The summed E-state index contributed by atoms with van der Waals surface area (Å²) in [6.45, 7) is 2.01. The molecule has 2 aromatic rings. The van der Waals surface area contributed by atoms with Crippen molar-refractivity contribution < 1.29 is 14.7 Å². The first kappa shape index (κ1) is 24.0. The van der Waals surface area contributed by atoms with E-state index in [0.29, 0.717) is 11.6 Å². The number of aromatic nitrogens is 2. The highest BCUT2D eigenvalue weighted by molar-refractivity contribution is 6.00. The van der Waals surface area contributed by atoms with Crippen molar-refractivity contribution in [2.75, 3.05) is 20.2 Å². The molecule has 3 aliphatic rings. The molecule has 0 spiro atoms. The first-order valence-electron chi connectivity index (χ1n) is 13.1. The summed E-state index contributed by atoms with van der Waals surface area (Å²) in [6.07, 6.45) is 10.1. The topological polar surface area (TPSA) is 97.0 Å². The van der Waals surface area contributed by atoms with E-state index in [9.17, 15) is 9.59 Å². The molecule has 1 aromatic heterocycles. The van der Waals surface area contributed by atoms with Gasteiger partial charge in [-0.3, -0.25) is 9.59 Å². The molecule has 188 valence electrons. The number of benzene rings is 1. The molecule has 8 heteroatoms. The molecule has 2 bridgehead atoms. The molecule has 8 nitrogen and oxygen atoms in total. The molecule has 1 N–H and O–H groups in total. The van der Waals surface area contributed by atoms with E-state index in [2.05, 4.69) is 15.0 Å². The Morgan fingerprint density at radius 3 is 2.46 bits per heavy atom. The molecule has 1 saturated heterocycles. The van der Waals surface area contributed by atoms with Gasteiger partial charge in [0, 0.05) is 31.6 Å². The van der Waals surface area contributed by atoms with E-state index < -0.39 is 5.97 Å². The fraction of sp³-hybridized carbons (Fsp3) is 0.630. The maximum atomic E-state index is 13.8. The third-order valence-electron chi connectivity index (χ3n) is 8.33. The van der Waals surface area contributed by atoms with Gasteiger partial charge in [0.15, 0.2) is 5.69 Å². The van der Waals surface area contributed by atoms with E-state index in [1.807, 2.05) is 28.8 Å². The lowest BCUT2D eigenvalue weighted by atomic mass is 9.70. The smallest absolute Gasteiger partial charge is 0.303 e. The molecule has 1 aromatic carbocycles. The Hall–Kier alpha value is -2.74. The number of para-hydroxylation sites is 2. The zero-order chi connectivity index (χ0) is 24.4. The number of rotatable bonds is 7. The van der Waals surface area contributed by atoms with Crippen LogP contribution in [0.1, 0.15) is 75.9 Å². The fourth-order valence-corrected chi connectivity index (χ4v) is 6.75. The number of carboxylic acids is 1. The van der Waals surface area contributed by atoms with Crippen LogP contribution in [0.15, 0.2) is 34.2 Å². The Morgan fingerprint density at radius 1 is 1.06 bits per heavy atom. The standard InChI is InChI=1S/C27H36N4O4/c1-35-29-23(9-10-25(32)33)26-27(34)31(24-8-3-2-7-22(24)28-26)20-11-13-30(14-12-20)21-16-18-5-4-6-19(15-18)17-21/h2-3,7-8,18-21H,4-6,9-17H2,1H3,(H,32,33)/b29-23+/t18-,19+,21?. The second kappa shape index (κ2) is 10.5. The van der Waals surface area contributed by atoms with Gasteiger partial charge in [-0.2, -0.15) is 0 Å². The summed E-state index contributed by atoms with van der Waals surface area (Å²) in [5, 5.41) is 13.1. The molecule has 35 heavy (non-hydrogen) atoms. The predicted octanol–water partition coefficient (Wildman–Crippen LogP) is 4.22. The first-order chi connectivity index (χ1) is 17.0. The fourth-order valence-electron chi connectivity index (χ4n) is 6.75. The van der Waals surface area contributed by atoms with Crippen molar-refractivity contribution in [2.45, 2.75) is 76.3 Å². The zero-order valence-corrected chi connectivity index (χ0v) is 20.6. The minimum atomic E-state index is -0.950. The third-order valence-corrected chi connectivity index (χ3v) is 8.33. The van der Waals surface area contributed by atoms with Crippen molar-refractivity contribution in [3.05, 3.63) is 40.3 Å².